The van der Waals surface area contributed by atoms with Gasteiger partial charge in [0.15, 0.2) is 11.4 Å². The van der Waals surface area contributed by atoms with E-state index in [-0.39, 0.29) is 36.3 Å². The number of carbonyl (C=O) groups excluding carboxylic acids is 3. The Labute approximate surface area is 183 Å². The van der Waals surface area contributed by atoms with E-state index < -0.39 is 58.0 Å². The van der Waals surface area contributed by atoms with E-state index in [1.54, 1.807) is 20.2 Å². The molecule has 32 heavy (non-hydrogen) atoms. The van der Waals surface area contributed by atoms with Crippen LogP contribution in [0.1, 0.15) is 23.1 Å². The number of rotatable bonds is 3. The van der Waals surface area contributed by atoms with Gasteiger partial charge in [-0.1, -0.05) is 6.07 Å². The van der Waals surface area contributed by atoms with Crippen molar-refractivity contribution in [2.24, 2.45) is 23.3 Å². The zero-order valence-corrected chi connectivity index (χ0v) is 17.6. The van der Waals surface area contributed by atoms with Crippen molar-refractivity contribution in [2.75, 3.05) is 14.1 Å². The third-order valence-corrected chi connectivity index (χ3v) is 6.92. The minimum Gasteiger partial charge on any atom is -0.508 e. The molecule has 3 aliphatic carbocycles. The average molecular weight is 443 g/mol. The third-order valence-electron chi connectivity index (χ3n) is 6.92. The number of hydrogen-bond donors (Lipinski definition) is 6. The fourth-order valence-electron chi connectivity index (χ4n) is 5.50. The van der Waals surface area contributed by atoms with E-state index in [4.69, 9.17) is 11.5 Å². The van der Waals surface area contributed by atoms with Crippen molar-refractivity contribution < 1.29 is 34.8 Å². The Morgan fingerprint density at radius 1 is 1.22 bits per heavy atom. The molecular formula is C22H25N3O7. The first-order valence-electron chi connectivity index (χ1n) is 10.1. The molecule has 8 N–H and O–H groups in total. The molecule has 1 aromatic carbocycles. The van der Waals surface area contributed by atoms with Gasteiger partial charge in [0.25, 0.3) is 5.91 Å². The number of Topliss-reactive ketones (excluding diaryl/α,β-unsaturated/α-hetero) is 2. The van der Waals surface area contributed by atoms with Crippen molar-refractivity contribution in [3.8, 4) is 5.75 Å². The minimum absolute atomic E-state index is 0.0456. The summed E-state index contributed by atoms with van der Waals surface area (Å²) in [5, 5.41) is 43.6. The van der Waals surface area contributed by atoms with E-state index in [1.165, 1.54) is 11.0 Å². The second kappa shape index (κ2) is 7.16. The molecule has 170 valence electrons. The lowest BCUT2D eigenvalue weighted by atomic mass is 9.57. The lowest BCUT2D eigenvalue weighted by molar-refractivity contribution is -0.153. The Morgan fingerprint density at radius 2 is 1.88 bits per heavy atom. The highest BCUT2D eigenvalue weighted by Crippen LogP contribution is 2.52. The molecule has 4 rings (SSSR count). The van der Waals surface area contributed by atoms with E-state index in [2.05, 4.69) is 0 Å². The first-order chi connectivity index (χ1) is 15.0. The van der Waals surface area contributed by atoms with Crippen LogP contribution in [0.4, 0.5) is 0 Å². The number of aliphatic hydroxyl groups excluding tert-OH is 2. The molecule has 1 aromatic rings. The third kappa shape index (κ3) is 2.66. The van der Waals surface area contributed by atoms with Gasteiger partial charge < -0.3 is 31.9 Å². The largest absolute Gasteiger partial charge is 0.508 e. The molecular weight excluding hydrogens is 418 g/mol. The summed E-state index contributed by atoms with van der Waals surface area (Å²) in [6.45, 7) is 0.142. The SMILES string of the molecule is CN(C)C1C(=O)C(C(N)=O)=C(O)[C@@]2(O)C(=O)C3=C(O)c4c(O)ccc(CN)c4CC3CC12. The molecule has 0 aromatic heterocycles. The molecule has 0 saturated heterocycles. The molecule has 4 atom stereocenters. The molecule has 10 heteroatoms. The summed E-state index contributed by atoms with van der Waals surface area (Å²) < 4.78 is 0. The number of fused-ring (bicyclic) bond motifs is 3. The number of aliphatic hydroxyl groups is 3. The summed E-state index contributed by atoms with van der Waals surface area (Å²) in [5.74, 6) is -6.66. The molecule has 0 heterocycles. The number of phenols is 1. The van der Waals surface area contributed by atoms with Gasteiger partial charge in [0, 0.05) is 18.0 Å². The van der Waals surface area contributed by atoms with Crippen molar-refractivity contribution in [3.05, 3.63) is 45.7 Å². The van der Waals surface area contributed by atoms with Crippen LogP contribution in [-0.4, -0.2) is 68.5 Å². The van der Waals surface area contributed by atoms with Crippen molar-refractivity contribution in [1.82, 2.24) is 4.90 Å². The number of hydrogen-bond acceptors (Lipinski definition) is 9. The minimum atomic E-state index is -2.63. The predicted molar refractivity (Wildman–Crippen MR) is 112 cm³/mol. The van der Waals surface area contributed by atoms with E-state index in [0.717, 1.165) is 0 Å². The van der Waals surface area contributed by atoms with E-state index in [0.29, 0.717) is 11.1 Å². The number of amides is 1. The Bertz CT molecular complexity index is 1140. The Balaban J connectivity index is 1.99. The summed E-state index contributed by atoms with van der Waals surface area (Å²) in [6, 6.07) is 1.88. The van der Waals surface area contributed by atoms with Gasteiger partial charge in [0.1, 0.15) is 22.8 Å². The number of ketones is 2. The molecule has 1 fully saturated rings. The highest BCUT2D eigenvalue weighted by molar-refractivity contribution is 6.24. The number of benzene rings is 1. The molecule has 0 radical (unpaired) electrons. The zero-order chi connectivity index (χ0) is 23.7. The van der Waals surface area contributed by atoms with Crippen molar-refractivity contribution in [3.63, 3.8) is 0 Å². The summed E-state index contributed by atoms with van der Waals surface area (Å²) in [6.07, 6.45) is 0.279. The zero-order valence-electron chi connectivity index (χ0n) is 17.6. The second-order valence-corrected chi connectivity index (χ2v) is 8.76. The molecule has 3 unspecified atom stereocenters. The number of aromatic hydroxyl groups is 1. The number of phenolic OH excluding ortho intramolecular Hbond substituents is 1. The number of nitrogens with two attached hydrogens (primary N) is 2. The van der Waals surface area contributed by atoms with Gasteiger partial charge >= 0.3 is 0 Å². The molecule has 0 aliphatic heterocycles. The maximum atomic E-state index is 13.6. The van der Waals surface area contributed by atoms with Gasteiger partial charge in [-0.05, 0) is 50.0 Å². The van der Waals surface area contributed by atoms with Crippen LogP contribution >= 0.6 is 0 Å². The van der Waals surface area contributed by atoms with Crippen LogP contribution in [0.5, 0.6) is 5.75 Å². The molecule has 10 nitrogen and oxygen atoms in total. The van der Waals surface area contributed by atoms with Crippen LogP contribution in [-0.2, 0) is 27.3 Å². The monoisotopic (exact) mass is 443 g/mol. The molecule has 1 amide bonds. The molecule has 3 aliphatic rings. The quantitative estimate of drug-likeness (QED) is 0.332. The average Bonchev–Trinajstić information content (AvgIpc) is 2.70. The van der Waals surface area contributed by atoms with Crippen molar-refractivity contribution >= 4 is 23.2 Å². The van der Waals surface area contributed by atoms with Crippen LogP contribution in [0.15, 0.2) is 29.0 Å². The van der Waals surface area contributed by atoms with Gasteiger partial charge in [0.05, 0.1) is 11.6 Å². The lowest BCUT2D eigenvalue weighted by Crippen LogP contribution is -2.65. The summed E-state index contributed by atoms with van der Waals surface area (Å²) in [7, 11) is 3.11. The molecule has 0 bridgehead atoms. The first kappa shape index (κ1) is 22.0. The fraction of sp³-hybridized carbons (Fsp3) is 0.409. The first-order valence-corrected chi connectivity index (χ1v) is 10.1. The van der Waals surface area contributed by atoms with Gasteiger partial charge in [-0.2, -0.15) is 0 Å². The predicted octanol–water partition coefficient (Wildman–Crippen LogP) is -0.577. The van der Waals surface area contributed by atoms with Gasteiger partial charge in [-0.3, -0.25) is 19.3 Å². The fourth-order valence-corrected chi connectivity index (χ4v) is 5.50. The number of nitrogens with zero attached hydrogens (tertiary/aromatic N) is 1. The van der Waals surface area contributed by atoms with Gasteiger partial charge in [-0.15, -0.1) is 0 Å². The molecule has 1 saturated carbocycles. The van der Waals surface area contributed by atoms with E-state index >= 15 is 0 Å². The van der Waals surface area contributed by atoms with E-state index in [9.17, 15) is 34.8 Å². The van der Waals surface area contributed by atoms with Gasteiger partial charge in [0.2, 0.25) is 5.78 Å². The standard InChI is InChI=1S/C22H25N3O7/c1-25(2)16-11-6-9-5-10-8(7-23)3-4-12(26)14(10)17(27)13(9)19(29)22(11,32)20(30)15(18(16)28)21(24)31/h3-4,9,11,16,26-27,30,32H,5-7,23H2,1-2H3,(H2,24,31)/t9?,11?,16?,22-/m0/s1. The number of likely N-dealkylation sites (N-methyl/N-ethyl adjacent to an activating group) is 1. The summed E-state index contributed by atoms with van der Waals surface area (Å²) in [5.41, 5.74) is 8.76. The Kier molecular flexibility index (Phi) is 4.92. The number of primary amides is 1. The second-order valence-electron chi connectivity index (χ2n) is 8.76. The van der Waals surface area contributed by atoms with Gasteiger partial charge in [-0.25, -0.2) is 0 Å². The smallest absolute Gasteiger partial charge is 0.255 e. The lowest BCUT2D eigenvalue weighted by Gasteiger charge is -2.50. The van der Waals surface area contributed by atoms with Crippen LogP contribution in [0, 0.1) is 11.8 Å². The highest BCUT2D eigenvalue weighted by Gasteiger charge is 2.64. The van der Waals surface area contributed by atoms with Crippen molar-refractivity contribution in [1.29, 1.82) is 0 Å². The highest BCUT2D eigenvalue weighted by atomic mass is 16.3. The van der Waals surface area contributed by atoms with Crippen LogP contribution in [0.25, 0.3) is 5.76 Å². The van der Waals surface area contributed by atoms with Crippen LogP contribution in [0.2, 0.25) is 0 Å². The summed E-state index contributed by atoms with van der Waals surface area (Å²) in [4.78, 5) is 40.0. The Morgan fingerprint density at radius 3 is 2.44 bits per heavy atom. The van der Waals surface area contributed by atoms with Crippen LogP contribution < -0.4 is 11.5 Å². The van der Waals surface area contributed by atoms with Crippen molar-refractivity contribution in [2.45, 2.75) is 31.0 Å². The topological polar surface area (TPSA) is 187 Å². The van der Waals surface area contributed by atoms with Crippen LogP contribution in [0.3, 0.4) is 0 Å². The maximum Gasteiger partial charge on any atom is 0.255 e. The maximum absolute atomic E-state index is 13.6. The normalized spacial score (nSPS) is 29.7. The summed E-state index contributed by atoms with van der Waals surface area (Å²) >= 11 is 0. The molecule has 0 spiro atoms. The number of carbonyl (C=O) groups is 3. The van der Waals surface area contributed by atoms with E-state index in [1.807, 2.05) is 0 Å². The Hall–Kier alpha value is -3.21.